The first-order valence-corrected chi connectivity index (χ1v) is 11.2. The molecule has 28 heavy (non-hydrogen) atoms. The molecule has 3 rings (SSSR count). The topological polar surface area (TPSA) is 112 Å². The zero-order valence-electron chi connectivity index (χ0n) is 16.3. The average Bonchev–Trinajstić information content (AvgIpc) is 3.19. The lowest BCUT2D eigenvalue weighted by atomic mass is 9.88. The molecule has 2 aromatic rings. The van der Waals surface area contributed by atoms with E-state index >= 15 is 0 Å². The van der Waals surface area contributed by atoms with Crippen molar-refractivity contribution in [3.05, 3.63) is 21.8 Å². The normalized spacial score (nSPS) is 15.9. The highest BCUT2D eigenvalue weighted by Crippen LogP contribution is 2.40. The molecule has 1 aliphatic rings. The zero-order chi connectivity index (χ0) is 20.3. The summed E-state index contributed by atoms with van der Waals surface area (Å²) >= 11 is 2.69. The van der Waals surface area contributed by atoms with Crippen molar-refractivity contribution in [2.45, 2.75) is 51.6 Å². The molecule has 10 heteroatoms. The molecule has 1 aliphatic carbocycles. The summed E-state index contributed by atoms with van der Waals surface area (Å²) in [7, 11) is 0. The van der Waals surface area contributed by atoms with Gasteiger partial charge in [-0.15, -0.1) is 21.5 Å². The number of carbonyl (C=O) groups is 2. The van der Waals surface area contributed by atoms with Gasteiger partial charge in [0, 0.05) is 11.3 Å². The largest absolute Gasteiger partial charge is 0.462 e. The van der Waals surface area contributed by atoms with Crippen LogP contribution in [0.2, 0.25) is 0 Å². The molecule has 152 valence electrons. The van der Waals surface area contributed by atoms with Gasteiger partial charge in [-0.2, -0.15) is 0 Å². The number of ether oxygens (including phenoxy) is 1. The van der Waals surface area contributed by atoms with E-state index in [1.165, 1.54) is 32.7 Å². The standard InChI is InChI=1S/C18H25N5O3S2/c1-4-13-21-22-18(23(13)19)27-9-14(24)20-16-15(17(25)26-5-2)11-7-6-10(3)8-12(11)28-16/h10H,4-9,19H2,1-3H3,(H,20,24)/t10-/m0/s1. The number of nitrogen functional groups attached to an aromatic ring is 1. The molecule has 0 saturated carbocycles. The highest BCUT2D eigenvalue weighted by atomic mass is 32.2. The van der Waals surface area contributed by atoms with Crippen molar-refractivity contribution in [2.24, 2.45) is 5.92 Å². The predicted molar refractivity (Wildman–Crippen MR) is 110 cm³/mol. The number of aryl methyl sites for hydroxylation is 1. The highest BCUT2D eigenvalue weighted by Gasteiger charge is 2.29. The van der Waals surface area contributed by atoms with E-state index in [-0.39, 0.29) is 17.6 Å². The summed E-state index contributed by atoms with van der Waals surface area (Å²) in [5, 5.41) is 11.9. The Morgan fingerprint density at radius 3 is 2.86 bits per heavy atom. The van der Waals surface area contributed by atoms with E-state index in [1.807, 2.05) is 6.92 Å². The number of fused-ring (bicyclic) bond motifs is 1. The van der Waals surface area contributed by atoms with Crippen molar-refractivity contribution in [3.63, 3.8) is 0 Å². The first-order chi connectivity index (χ1) is 13.4. The van der Waals surface area contributed by atoms with Crippen molar-refractivity contribution in [3.8, 4) is 0 Å². The van der Waals surface area contributed by atoms with Crippen LogP contribution < -0.4 is 11.2 Å². The van der Waals surface area contributed by atoms with Gasteiger partial charge in [-0.05, 0) is 37.7 Å². The van der Waals surface area contributed by atoms with Gasteiger partial charge >= 0.3 is 5.97 Å². The van der Waals surface area contributed by atoms with Crippen molar-refractivity contribution in [1.29, 1.82) is 0 Å². The maximum absolute atomic E-state index is 12.5. The Kier molecular flexibility index (Phi) is 6.61. The summed E-state index contributed by atoms with van der Waals surface area (Å²) in [5.41, 5.74) is 1.54. The Morgan fingerprint density at radius 1 is 1.39 bits per heavy atom. The number of rotatable bonds is 7. The molecule has 1 atom stereocenters. The summed E-state index contributed by atoms with van der Waals surface area (Å²) in [6, 6.07) is 0. The molecular formula is C18H25N5O3S2. The van der Waals surface area contributed by atoms with Crippen LogP contribution in [0.5, 0.6) is 0 Å². The van der Waals surface area contributed by atoms with Gasteiger partial charge in [-0.25, -0.2) is 9.47 Å². The minimum atomic E-state index is -0.369. The van der Waals surface area contributed by atoms with Crippen LogP contribution in [0, 0.1) is 5.92 Å². The van der Waals surface area contributed by atoms with E-state index in [0.29, 0.717) is 40.5 Å². The Balaban J connectivity index is 1.74. The molecule has 0 bridgehead atoms. The molecule has 1 amide bonds. The number of thioether (sulfide) groups is 1. The van der Waals surface area contributed by atoms with Gasteiger partial charge in [0.25, 0.3) is 0 Å². The number of nitrogens with two attached hydrogens (primary N) is 1. The number of esters is 1. The van der Waals surface area contributed by atoms with Crippen molar-refractivity contribution in [1.82, 2.24) is 14.9 Å². The molecule has 3 N–H and O–H groups in total. The molecule has 0 saturated heterocycles. The summed E-state index contributed by atoms with van der Waals surface area (Å²) < 4.78 is 6.63. The Bertz CT molecular complexity index is 877. The molecule has 2 aromatic heterocycles. The van der Waals surface area contributed by atoms with E-state index in [4.69, 9.17) is 10.6 Å². The monoisotopic (exact) mass is 423 g/mol. The molecule has 8 nitrogen and oxygen atoms in total. The number of thiophene rings is 1. The van der Waals surface area contributed by atoms with Crippen LogP contribution in [0.4, 0.5) is 5.00 Å². The second-order valence-corrected chi connectivity index (χ2v) is 8.78. The van der Waals surface area contributed by atoms with E-state index in [1.54, 1.807) is 6.92 Å². The SMILES string of the molecule is CCOC(=O)c1c(NC(=O)CSc2nnc(CC)n2N)sc2c1CC[C@H](C)C2. The minimum absolute atomic E-state index is 0.125. The fourth-order valence-electron chi connectivity index (χ4n) is 3.20. The Hall–Kier alpha value is -2.07. The summed E-state index contributed by atoms with van der Waals surface area (Å²) in [5.74, 6) is 6.68. The molecule has 0 aliphatic heterocycles. The lowest BCUT2D eigenvalue weighted by Crippen LogP contribution is -2.18. The summed E-state index contributed by atoms with van der Waals surface area (Å²) in [6.07, 6.45) is 3.46. The lowest BCUT2D eigenvalue weighted by molar-refractivity contribution is -0.113. The van der Waals surface area contributed by atoms with Crippen molar-refractivity contribution < 1.29 is 14.3 Å². The average molecular weight is 424 g/mol. The molecule has 0 unspecified atom stereocenters. The first kappa shape index (κ1) is 20.7. The van der Waals surface area contributed by atoms with Crippen LogP contribution in [0.1, 0.15) is 53.8 Å². The van der Waals surface area contributed by atoms with Crippen molar-refractivity contribution in [2.75, 3.05) is 23.5 Å². The number of nitrogens with one attached hydrogen (secondary N) is 1. The number of nitrogens with zero attached hydrogens (tertiary/aromatic N) is 3. The maximum atomic E-state index is 12.5. The van der Waals surface area contributed by atoms with E-state index in [9.17, 15) is 9.59 Å². The summed E-state index contributed by atoms with van der Waals surface area (Å²) in [4.78, 5) is 26.2. The van der Waals surface area contributed by atoms with E-state index in [2.05, 4.69) is 22.4 Å². The quantitative estimate of drug-likeness (QED) is 0.400. The summed E-state index contributed by atoms with van der Waals surface area (Å²) in [6.45, 7) is 6.22. The van der Waals surface area contributed by atoms with Crippen LogP contribution in [-0.4, -0.2) is 39.1 Å². The van der Waals surface area contributed by atoms with Crippen LogP contribution in [0.3, 0.4) is 0 Å². The number of hydrogen-bond acceptors (Lipinski definition) is 8. The fourth-order valence-corrected chi connectivity index (χ4v) is 5.29. The molecule has 0 radical (unpaired) electrons. The third kappa shape index (κ3) is 4.33. The third-order valence-corrected chi connectivity index (χ3v) is 6.74. The number of amides is 1. The van der Waals surface area contributed by atoms with Gasteiger partial charge in [0.15, 0.2) is 5.82 Å². The fraction of sp³-hybridized carbons (Fsp3) is 0.556. The first-order valence-electron chi connectivity index (χ1n) is 9.38. The highest BCUT2D eigenvalue weighted by molar-refractivity contribution is 7.99. The molecule has 0 fully saturated rings. The third-order valence-electron chi connectivity index (χ3n) is 4.63. The van der Waals surface area contributed by atoms with Gasteiger partial charge in [0.2, 0.25) is 11.1 Å². The van der Waals surface area contributed by atoms with Crippen LogP contribution in [0.25, 0.3) is 0 Å². The predicted octanol–water partition coefficient (Wildman–Crippen LogP) is 2.65. The van der Waals surface area contributed by atoms with Gasteiger partial charge in [0.1, 0.15) is 5.00 Å². The number of carbonyl (C=O) groups excluding carboxylic acids is 2. The number of aromatic nitrogens is 3. The van der Waals surface area contributed by atoms with Crippen LogP contribution in [-0.2, 0) is 28.8 Å². The lowest BCUT2D eigenvalue weighted by Gasteiger charge is -2.18. The van der Waals surface area contributed by atoms with E-state index in [0.717, 1.165) is 24.8 Å². The minimum Gasteiger partial charge on any atom is -0.462 e. The van der Waals surface area contributed by atoms with Gasteiger partial charge in [-0.1, -0.05) is 25.6 Å². The Morgan fingerprint density at radius 2 is 2.18 bits per heavy atom. The van der Waals surface area contributed by atoms with E-state index < -0.39 is 0 Å². The zero-order valence-corrected chi connectivity index (χ0v) is 17.9. The van der Waals surface area contributed by atoms with Gasteiger partial charge in [-0.3, -0.25) is 4.79 Å². The number of anilines is 1. The van der Waals surface area contributed by atoms with Crippen LogP contribution >= 0.6 is 23.1 Å². The molecular weight excluding hydrogens is 398 g/mol. The molecule has 0 aromatic carbocycles. The number of hydrogen-bond donors (Lipinski definition) is 2. The van der Waals surface area contributed by atoms with Gasteiger partial charge < -0.3 is 15.9 Å². The van der Waals surface area contributed by atoms with Gasteiger partial charge in [0.05, 0.1) is 17.9 Å². The van der Waals surface area contributed by atoms with Crippen molar-refractivity contribution >= 4 is 40.0 Å². The maximum Gasteiger partial charge on any atom is 0.341 e. The second-order valence-electron chi connectivity index (χ2n) is 6.74. The van der Waals surface area contributed by atoms with Crippen LogP contribution in [0.15, 0.2) is 5.16 Å². The second kappa shape index (κ2) is 8.95. The molecule has 2 heterocycles. The smallest absolute Gasteiger partial charge is 0.341 e. The Labute approximate surface area is 172 Å². The molecule has 0 spiro atoms.